The Morgan fingerprint density at radius 3 is 2.71 bits per heavy atom. The van der Waals surface area contributed by atoms with Gasteiger partial charge in [0.15, 0.2) is 0 Å². The molecule has 3 aromatic heterocycles. The van der Waals surface area contributed by atoms with Crippen molar-refractivity contribution in [1.82, 2.24) is 24.5 Å². The van der Waals surface area contributed by atoms with E-state index in [1.807, 2.05) is 43.6 Å². The second-order valence-electron chi connectivity index (χ2n) is 9.81. The molecule has 0 aliphatic carbocycles. The van der Waals surface area contributed by atoms with Crippen LogP contribution in [0, 0.1) is 0 Å². The molecule has 0 aliphatic heterocycles. The molecule has 5 aromatic rings. The largest absolute Gasteiger partial charge is 0.494 e. The van der Waals surface area contributed by atoms with Crippen molar-refractivity contribution < 1.29 is 14.3 Å². The molecule has 2 aromatic carbocycles. The predicted molar refractivity (Wildman–Crippen MR) is 161 cm³/mol. The lowest BCUT2D eigenvalue weighted by atomic mass is 10.2. The lowest BCUT2D eigenvalue weighted by Crippen LogP contribution is -2.25. The van der Waals surface area contributed by atoms with Crippen molar-refractivity contribution in [3.8, 4) is 22.8 Å². The summed E-state index contributed by atoms with van der Waals surface area (Å²) < 4.78 is 15.0. The molecule has 0 atom stereocenters. The van der Waals surface area contributed by atoms with Crippen LogP contribution in [0.25, 0.3) is 22.2 Å². The van der Waals surface area contributed by atoms with Crippen LogP contribution >= 0.6 is 0 Å². The monoisotopic (exact) mass is 567 g/mol. The Bertz CT molecular complexity index is 1730. The number of nitrogens with two attached hydrogens (primary N) is 1. The van der Waals surface area contributed by atoms with Gasteiger partial charge in [-0.05, 0) is 55.7 Å². The van der Waals surface area contributed by atoms with E-state index in [2.05, 4.69) is 20.5 Å². The van der Waals surface area contributed by atoms with E-state index in [9.17, 15) is 9.59 Å². The first kappa shape index (κ1) is 28.3. The van der Waals surface area contributed by atoms with Crippen LogP contribution in [0.4, 0.5) is 11.4 Å². The molecule has 0 fully saturated rings. The first-order chi connectivity index (χ1) is 20.5. The minimum atomic E-state index is -0.201. The number of nitrogen functional groups attached to an aromatic ring is 1. The zero-order valence-electron chi connectivity index (χ0n) is 23.4. The highest BCUT2D eigenvalue weighted by Crippen LogP contribution is 2.27. The predicted octanol–water partition coefficient (Wildman–Crippen LogP) is 4.43. The fraction of sp³-hybridized carbons (Fsp3) is 0.258. The van der Waals surface area contributed by atoms with Gasteiger partial charge in [0.25, 0.3) is 5.56 Å². The Hall–Kier alpha value is -5.19. The summed E-state index contributed by atoms with van der Waals surface area (Å²) in [5.41, 5.74) is 9.12. The van der Waals surface area contributed by atoms with Crippen molar-refractivity contribution in [3.05, 3.63) is 89.6 Å². The average Bonchev–Trinajstić information content (AvgIpc) is 3.43. The Morgan fingerprint density at radius 1 is 1.00 bits per heavy atom. The number of amides is 1. The van der Waals surface area contributed by atoms with Crippen molar-refractivity contribution in [3.63, 3.8) is 0 Å². The molecule has 0 saturated heterocycles. The smallest absolute Gasteiger partial charge is 0.266 e. The molecule has 5 rings (SSSR count). The van der Waals surface area contributed by atoms with E-state index in [4.69, 9.17) is 15.2 Å². The molecular weight excluding hydrogens is 534 g/mol. The third kappa shape index (κ3) is 7.30. The maximum Gasteiger partial charge on any atom is 0.266 e. The van der Waals surface area contributed by atoms with Gasteiger partial charge in [-0.25, -0.2) is 4.68 Å². The van der Waals surface area contributed by atoms with Gasteiger partial charge >= 0.3 is 0 Å². The van der Waals surface area contributed by atoms with E-state index in [1.165, 1.54) is 10.7 Å². The standard InChI is InChI=1S/C31H33N7O4/c1-37-21-22(20-34-37)26-12-13-31(40)38(36-26)16-18-42-29-14-15-33-28-19-23(10-11-24(28)29)41-17-6-2-3-9-30(39)35-27-8-5-4-7-25(27)32/h4-5,7-8,10-15,19-21H,2-3,6,9,16-18,32H2,1H3,(H,35,39). The molecule has 0 aliphatic rings. The lowest BCUT2D eigenvalue weighted by molar-refractivity contribution is -0.116. The topological polar surface area (TPSA) is 139 Å². The van der Waals surface area contributed by atoms with Gasteiger partial charge in [0.05, 0.1) is 41.9 Å². The zero-order valence-corrected chi connectivity index (χ0v) is 23.4. The molecular formula is C31H33N7O4. The number of aryl methyl sites for hydroxylation is 1. The van der Waals surface area contributed by atoms with Crippen LogP contribution in [-0.4, -0.2) is 43.7 Å². The van der Waals surface area contributed by atoms with Gasteiger partial charge in [-0.1, -0.05) is 12.1 Å². The number of carbonyl (C=O) groups is 1. The first-order valence-corrected chi connectivity index (χ1v) is 13.8. The van der Waals surface area contributed by atoms with Crippen LogP contribution in [0.15, 0.2) is 84.0 Å². The third-order valence-corrected chi connectivity index (χ3v) is 6.65. The summed E-state index contributed by atoms with van der Waals surface area (Å²) in [5, 5.41) is 12.3. The van der Waals surface area contributed by atoms with Crippen LogP contribution in [0.3, 0.4) is 0 Å². The normalized spacial score (nSPS) is 11.0. The molecule has 1 amide bonds. The molecule has 11 heteroatoms. The first-order valence-electron chi connectivity index (χ1n) is 13.8. The minimum absolute atomic E-state index is 0.0472. The van der Waals surface area contributed by atoms with Gasteiger partial charge in [-0.2, -0.15) is 10.2 Å². The number of nitrogens with zero attached hydrogens (tertiary/aromatic N) is 5. The highest BCUT2D eigenvalue weighted by atomic mass is 16.5. The Labute approximate surface area is 242 Å². The van der Waals surface area contributed by atoms with E-state index in [0.29, 0.717) is 48.1 Å². The Kier molecular flexibility index (Phi) is 9.07. The van der Waals surface area contributed by atoms with E-state index < -0.39 is 0 Å². The van der Waals surface area contributed by atoms with Crippen molar-refractivity contribution in [2.75, 3.05) is 24.3 Å². The summed E-state index contributed by atoms with van der Waals surface area (Å²) in [6, 6.07) is 17.9. The van der Waals surface area contributed by atoms with Gasteiger partial charge in [0.2, 0.25) is 5.91 Å². The van der Waals surface area contributed by atoms with Crippen LogP contribution in [0.2, 0.25) is 0 Å². The highest BCUT2D eigenvalue weighted by Gasteiger charge is 2.09. The zero-order chi connectivity index (χ0) is 29.3. The van der Waals surface area contributed by atoms with E-state index in [-0.39, 0.29) is 18.1 Å². The van der Waals surface area contributed by atoms with E-state index in [0.717, 1.165) is 35.7 Å². The average molecular weight is 568 g/mol. The van der Waals surface area contributed by atoms with Crippen molar-refractivity contribution in [2.24, 2.45) is 7.05 Å². The van der Waals surface area contributed by atoms with Gasteiger partial charge in [0.1, 0.15) is 18.1 Å². The number of aromatic nitrogens is 5. The SMILES string of the molecule is Cn1cc(-c2ccc(=O)n(CCOc3ccnc4cc(OCCCCCC(=O)Nc5ccccc5N)ccc34)n2)cn1. The summed E-state index contributed by atoms with van der Waals surface area (Å²) in [6.07, 6.45) is 8.12. The summed E-state index contributed by atoms with van der Waals surface area (Å²) >= 11 is 0. The molecule has 11 nitrogen and oxygen atoms in total. The molecule has 42 heavy (non-hydrogen) atoms. The molecule has 0 radical (unpaired) electrons. The van der Waals surface area contributed by atoms with Gasteiger partial charge < -0.3 is 20.5 Å². The maximum absolute atomic E-state index is 12.3. The maximum atomic E-state index is 12.3. The Balaban J connectivity index is 1.08. The van der Waals surface area contributed by atoms with Crippen LogP contribution in [0.1, 0.15) is 25.7 Å². The molecule has 0 bridgehead atoms. The number of benzene rings is 2. The number of ether oxygens (including phenoxy) is 2. The number of carbonyl (C=O) groups excluding carboxylic acids is 1. The molecule has 216 valence electrons. The fourth-order valence-electron chi connectivity index (χ4n) is 4.45. The second-order valence-corrected chi connectivity index (χ2v) is 9.81. The summed E-state index contributed by atoms with van der Waals surface area (Å²) in [4.78, 5) is 28.9. The van der Waals surface area contributed by atoms with E-state index in [1.54, 1.807) is 41.3 Å². The number of para-hydroxylation sites is 2. The van der Waals surface area contributed by atoms with Crippen molar-refractivity contribution in [2.45, 2.75) is 32.2 Å². The quantitative estimate of drug-likeness (QED) is 0.157. The van der Waals surface area contributed by atoms with Crippen LogP contribution in [0.5, 0.6) is 11.5 Å². The Morgan fingerprint density at radius 2 is 1.88 bits per heavy atom. The highest BCUT2D eigenvalue weighted by molar-refractivity contribution is 5.93. The van der Waals surface area contributed by atoms with Gasteiger partial charge in [0, 0.05) is 48.9 Å². The molecule has 0 unspecified atom stereocenters. The van der Waals surface area contributed by atoms with Crippen LogP contribution < -0.4 is 26.1 Å². The second kappa shape index (κ2) is 13.4. The summed E-state index contributed by atoms with van der Waals surface area (Å²) in [5.74, 6) is 1.33. The van der Waals surface area contributed by atoms with Crippen LogP contribution in [-0.2, 0) is 18.4 Å². The number of nitrogens with one attached hydrogen (secondary N) is 1. The number of anilines is 2. The van der Waals surface area contributed by atoms with Gasteiger partial charge in [-0.3, -0.25) is 19.3 Å². The number of unbranched alkanes of at least 4 members (excludes halogenated alkanes) is 2. The number of hydrogen-bond acceptors (Lipinski definition) is 8. The number of hydrogen-bond donors (Lipinski definition) is 2. The number of rotatable bonds is 13. The molecule has 3 N–H and O–H groups in total. The van der Waals surface area contributed by atoms with Crippen molar-refractivity contribution in [1.29, 1.82) is 0 Å². The molecule has 0 saturated carbocycles. The molecule has 0 spiro atoms. The summed E-state index contributed by atoms with van der Waals surface area (Å²) in [7, 11) is 1.83. The van der Waals surface area contributed by atoms with Gasteiger partial charge in [-0.15, -0.1) is 0 Å². The molecule has 3 heterocycles. The number of pyridine rings is 1. The van der Waals surface area contributed by atoms with E-state index >= 15 is 0 Å². The number of fused-ring (bicyclic) bond motifs is 1. The lowest BCUT2D eigenvalue weighted by Gasteiger charge is -2.12. The minimum Gasteiger partial charge on any atom is -0.494 e. The summed E-state index contributed by atoms with van der Waals surface area (Å²) in [6.45, 7) is 1.09. The fourth-order valence-corrected chi connectivity index (χ4v) is 4.45. The third-order valence-electron chi connectivity index (χ3n) is 6.65. The van der Waals surface area contributed by atoms with Crippen molar-refractivity contribution >= 4 is 28.2 Å².